The van der Waals surface area contributed by atoms with Gasteiger partial charge >= 0.3 is 0 Å². The van der Waals surface area contributed by atoms with Crippen LogP contribution in [-0.2, 0) is 0 Å². The summed E-state index contributed by atoms with van der Waals surface area (Å²) < 4.78 is 0. The predicted octanol–water partition coefficient (Wildman–Crippen LogP) is 3.00. The summed E-state index contributed by atoms with van der Waals surface area (Å²) in [4.78, 5) is 0. The Labute approximate surface area is 84.8 Å². The van der Waals surface area contributed by atoms with Crippen molar-refractivity contribution in [1.29, 1.82) is 0 Å². The van der Waals surface area contributed by atoms with Gasteiger partial charge in [-0.1, -0.05) is 36.5 Å². The Bertz CT molecular complexity index is 315. The maximum absolute atomic E-state index is 2.92. The van der Waals surface area contributed by atoms with Crippen molar-refractivity contribution in [1.82, 2.24) is 5.32 Å². The van der Waals surface area contributed by atoms with Crippen LogP contribution < -0.4 is 5.32 Å². The zero-order chi connectivity index (χ0) is 9.90. The second-order valence-electron chi connectivity index (χ2n) is 2.54. The molecule has 0 fully saturated rings. The Balaban J connectivity index is 0.000000140. The molecule has 0 unspecified atom stereocenters. The van der Waals surface area contributed by atoms with Crippen molar-refractivity contribution in [2.45, 2.75) is 0 Å². The van der Waals surface area contributed by atoms with E-state index in [2.05, 4.69) is 11.0 Å². The first-order valence-electron chi connectivity index (χ1n) is 4.49. The van der Waals surface area contributed by atoms with Crippen molar-refractivity contribution in [3.63, 3.8) is 0 Å². The number of nitrogens with one attached hydrogen (secondary N) is 1. The minimum Gasteiger partial charge on any atom is -0.368 e. The van der Waals surface area contributed by atoms with Crippen molar-refractivity contribution < 1.29 is 0 Å². The molecule has 1 aliphatic heterocycles. The van der Waals surface area contributed by atoms with Crippen LogP contribution in [0.25, 0.3) is 0 Å². The normalized spacial score (nSPS) is 15.4. The van der Waals surface area contributed by atoms with Gasteiger partial charge < -0.3 is 5.32 Å². The van der Waals surface area contributed by atoms with Gasteiger partial charge in [-0.15, -0.1) is 5.73 Å². The standard InChI is InChI=1S/C7H6.C6H7N/c2*1-2-4-6-7-5-3-1/h1-6H;1-7H. The van der Waals surface area contributed by atoms with Crippen LogP contribution in [0.5, 0.6) is 0 Å². The van der Waals surface area contributed by atoms with Gasteiger partial charge in [0.15, 0.2) is 0 Å². The molecule has 70 valence electrons. The Kier molecular flexibility index (Phi) is 5.53. The van der Waals surface area contributed by atoms with Gasteiger partial charge in [0, 0.05) is 12.4 Å². The average Bonchev–Trinajstić information content (AvgIpc) is 2.68. The summed E-state index contributed by atoms with van der Waals surface area (Å²) in [7, 11) is 0. The molecule has 14 heavy (non-hydrogen) atoms. The highest BCUT2D eigenvalue weighted by atomic mass is 14.8. The molecule has 0 atom stereocenters. The highest BCUT2D eigenvalue weighted by Gasteiger charge is 1.67. The highest BCUT2D eigenvalue weighted by molar-refractivity contribution is 5.19. The van der Waals surface area contributed by atoms with Gasteiger partial charge in [-0.3, -0.25) is 0 Å². The fraction of sp³-hybridized carbons (Fsp3) is 0. The van der Waals surface area contributed by atoms with Gasteiger partial charge in [-0.05, 0) is 24.3 Å². The summed E-state index contributed by atoms with van der Waals surface area (Å²) in [5, 5.41) is 2.92. The molecule has 1 nitrogen and oxygen atoms in total. The number of hydrogen-bond acceptors (Lipinski definition) is 1. The third-order valence-electron chi connectivity index (χ3n) is 1.44. The van der Waals surface area contributed by atoms with E-state index in [4.69, 9.17) is 0 Å². The molecule has 2 aliphatic rings. The average molecular weight is 183 g/mol. The van der Waals surface area contributed by atoms with Crippen molar-refractivity contribution in [3.05, 3.63) is 78.9 Å². The minimum atomic E-state index is 1.88. The second-order valence-corrected chi connectivity index (χ2v) is 2.54. The fourth-order valence-electron chi connectivity index (χ4n) is 0.812. The maximum Gasteiger partial charge on any atom is 0.000442 e. The molecule has 1 aliphatic carbocycles. The van der Waals surface area contributed by atoms with E-state index in [-0.39, 0.29) is 0 Å². The molecule has 2 rings (SSSR count). The van der Waals surface area contributed by atoms with Crippen LogP contribution in [0, 0.1) is 0 Å². The summed E-state index contributed by atoms with van der Waals surface area (Å²) in [5.41, 5.74) is 2.92. The smallest absolute Gasteiger partial charge is 0.000442 e. The molecule has 1 heterocycles. The first-order valence-corrected chi connectivity index (χ1v) is 4.49. The monoisotopic (exact) mass is 183 g/mol. The lowest BCUT2D eigenvalue weighted by Crippen LogP contribution is -1.87. The summed E-state index contributed by atoms with van der Waals surface area (Å²) in [6.45, 7) is 0. The van der Waals surface area contributed by atoms with Crippen LogP contribution in [0.2, 0.25) is 0 Å². The van der Waals surface area contributed by atoms with Crippen molar-refractivity contribution in [2.24, 2.45) is 0 Å². The van der Waals surface area contributed by atoms with Gasteiger partial charge in [0.2, 0.25) is 0 Å². The quantitative estimate of drug-likeness (QED) is 0.569. The summed E-state index contributed by atoms with van der Waals surface area (Å²) in [6, 6.07) is 0. The first-order chi connectivity index (χ1) is 7.00. The van der Waals surface area contributed by atoms with Gasteiger partial charge in [0.1, 0.15) is 0 Å². The lowest BCUT2D eigenvalue weighted by Gasteiger charge is -1.79. The molecule has 0 amide bonds. The van der Waals surface area contributed by atoms with E-state index in [0.29, 0.717) is 0 Å². The molecule has 0 aromatic heterocycles. The van der Waals surface area contributed by atoms with E-state index in [9.17, 15) is 0 Å². The maximum atomic E-state index is 2.92. The van der Waals surface area contributed by atoms with E-state index in [1.54, 1.807) is 0 Å². The first kappa shape index (κ1) is 10.1. The second kappa shape index (κ2) is 7.66. The molecular formula is C13H13N. The van der Waals surface area contributed by atoms with Crippen LogP contribution in [0.15, 0.2) is 78.9 Å². The molecule has 0 saturated carbocycles. The van der Waals surface area contributed by atoms with Crippen LogP contribution in [-0.4, -0.2) is 0 Å². The Morgan fingerprint density at radius 2 is 1.07 bits per heavy atom. The lowest BCUT2D eigenvalue weighted by atomic mass is 10.5. The van der Waals surface area contributed by atoms with Crippen molar-refractivity contribution in [3.8, 4) is 0 Å². The molecule has 1 N–H and O–H groups in total. The molecule has 0 radical (unpaired) electrons. The molecule has 0 aromatic rings. The topological polar surface area (TPSA) is 12.0 Å². The van der Waals surface area contributed by atoms with E-state index in [0.717, 1.165) is 0 Å². The number of rotatable bonds is 0. The van der Waals surface area contributed by atoms with Crippen LogP contribution >= 0.6 is 0 Å². The Morgan fingerprint density at radius 3 is 1.64 bits per heavy atom. The molecule has 0 saturated heterocycles. The van der Waals surface area contributed by atoms with Crippen LogP contribution in [0.1, 0.15) is 0 Å². The van der Waals surface area contributed by atoms with Gasteiger partial charge in [0.25, 0.3) is 0 Å². The van der Waals surface area contributed by atoms with Gasteiger partial charge in [-0.2, -0.15) is 0 Å². The Hall–Kier alpha value is -1.98. The SMILES string of the molecule is C1=CC=CC=CC=1.C1=CC=CNC=C1. The van der Waals surface area contributed by atoms with E-state index in [1.807, 2.05) is 73.2 Å². The zero-order valence-electron chi connectivity index (χ0n) is 7.93. The van der Waals surface area contributed by atoms with E-state index >= 15 is 0 Å². The lowest BCUT2D eigenvalue weighted by molar-refractivity contribution is 1.20. The van der Waals surface area contributed by atoms with Crippen molar-refractivity contribution >= 4 is 0 Å². The van der Waals surface area contributed by atoms with Gasteiger partial charge in [0.05, 0.1) is 0 Å². The van der Waals surface area contributed by atoms with Crippen LogP contribution in [0.3, 0.4) is 0 Å². The molecule has 0 spiro atoms. The largest absolute Gasteiger partial charge is 0.368 e. The minimum absolute atomic E-state index is 1.88. The van der Waals surface area contributed by atoms with E-state index in [1.165, 1.54) is 0 Å². The summed E-state index contributed by atoms with van der Waals surface area (Å²) >= 11 is 0. The number of allylic oxidation sites excluding steroid dienone is 9. The molecular weight excluding hydrogens is 170 g/mol. The molecule has 0 aromatic carbocycles. The summed E-state index contributed by atoms with van der Waals surface area (Å²) in [6.07, 6.45) is 23.2. The van der Waals surface area contributed by atoms with Crippen LogP contribution in [0.4, 0.5) is 0 Å². The predicted molar refractivity (Wildman–Crippen MR) is 61.5 cm³/mol. The highest BCUT2D eigenvalue weighted by Crippen LogP contribution is 1.83. The molecule has 1 heteroatoms. The van der Waals surface area contributed by atoms with Crippen molar-refractivity contribution in [2.75, 3.05) is 0 Å². The number of hydrogen-bond donors (Lipinski definition) is 1. The zero-order valence-corrected chi connectivity index (χ0v) is 7.93. The Morgan fingerprint density at radius 1 is 0.571 bits per heavy atom. The molecule has 0 bridgehead atoms. The van der Waals surface area contributed by atoms with Gasteiger partial charge in [-0.25, -0.2) is 0 Å². The third-order valence-corrected chi connectivity index (χ3v) is 1.44. The summed E-state index contributed by atoms with van der Waals surface area (Å²) in [5.74, 6) is 0. The third kappa shape index (κ3) is 5.64. The van der Waals surface area contributed by atoms with E-state index < -0.39 is 0 Å². The fourth-order valence-corrected chi connectivity index (χ4v) is 0.812.